The largest absolute Gasteiger partial charge is 0.344 e. The molecule has 0 saturated heterocycles. The average Bonchev–Trinajstić information content (AvgIpc) is 2.55. The summed E-state index contributed by atoms with van der Waals surface area (Å²) in [4.78, 5) is 38.1. The molecule has 0 fully saturated rings. The van der Waals surface area contributed by atoms with Crippen LogP contribution in [0.4, 0.5) is 5.69 Å². The van der Waals surface area contributed by atoms with Crippen molar-refractivity contribution in [3.8, 4) is 0 Å². The molecular formula is C19H29N3O3. The maximum atomic E-state index is 12.3. The van der Waals surface area contributed by atoms with E-state index in [1.807, 2.05) is 13.8 Å². The van der Waals surface area contributed by atoms with Crippen LogP contribution in [0.15, 0.2) is 24.3 Å². The van der Waals surface area contributed by atoms with Crippen LogP contribution in [0.2, 0.25) is 0 Å². The highest BCUT2D eigenvalue weighted by Crippen LogP contribution is 2.14. The summed E-state index contributed by atoms with van der Waals surface area (Å²) in [7, 11) is 0. The predicted octanol–water partition coefficient (Wildman–Crippen LogP) is 2.66. The van der Waals surface area contributed by atoms with E-state index in [4.69, 9.17) is 0 Å². The van der Waals surface area contributed by atoms with Crippen molar-refractivity contribution in [1.82, 2.24) is 10.2 Å². The lowest BCUT2D eigenvalue weighted by Crippen LogP contribution is -2.46. The molecule has 1 atom stereocenters. The third-order valence-corrected chi connectivity index (χ3v) is 3.87. The molecule has 1 aromatic rings. The maximum Gasteiger partial charge on any atom is 0.253 e. The minimum absolute atomic E-state index is 0.0336. The monoisotopic (exact) mass is 347 g/mol. The summed E-state index contributed by atoms with van der Waals surface area (Å²) >= 11 is 0. The van der Waals surface area contributed by atoms with E-state index in [1.165, 1.54) is 0 Å². The van der Waals surface area contributed by atoms with Crippen LogP contribution >= 0.6 is 0 Å². The molecule has 6 heteroatoms. The molecule has 3 amide bonds. The third kappa shape index (κ3) is 5.89. The summed E-state index contributed by atoms with van der Waals surface area (Å²) in [5, 5.41) is 5.43. The number of anilines is 1. The number of rotatable bonds is 6. The van der Waals surface area contributed by atoms with Crippen molar-refractivity contribution in [3.05, 3.63) is 29.8 Å². The molecule has 2 N–H and O–H groups in total. The highest BCUT2D eigenvalue weighted by molar-refractivity contribution is 5.98. The zero-order valence-electron chi connectivity index (χ0n) is 16.0. The van der Waals surface area contributed by atoms with Crippen LogP contribution < -0.4 is 10.6 Å². The van der Waals surface area contributed by atoms with Crippen LogP contribution in [0.3, 0.4) is 0 Å². The number of benzene rings is 1. The van der Waals surface area contributed by atoms with Crippen LogP contribution in [-0.2, 0) is 9.59 Å². The molecule has 0 spiro atoms. The van der Waals surface area contributed by atoms with Crippen molar-refractivity contribution in [2.45, 2.75) is 47.6 Å². The van der Waals surface area contributed by atoms with E-state index in [1.54, 1.807) is 56.9 Å². The minimum Gasteiger partial charge on any atom is -0.344 e. The smallest absolute Gasteiger partial charge is 0.253 e. The lowest BCUT2D eigenvalue weighted by Gasteiger charge is -2.21. The number of hydrogen-bond acceptors (Lipinski definition) is 3. The molecule has 0 aliphatic carbocycles. The first kappa shape index (κ1) is 20.7. The second-order valence-electron chi connectivity index (χ2n) is 6.99. The molecule has 0 radical (unpaired) electrons. The molecule has 6 nitrogen and oxygen atoms in total. The molecule has 0 bridgehead atoms. The molecular weight excluding hydrogens is 318 g/mol. The van der Waals surface area contributed by atoms with Crippen molar-refractivity contribution in [2.24, 2.45) is 5.41 Å². The van der Waals surface area contributed by atoms with Gasteiger partial charge in [0.25, 0.3) is 5.91 Å². The second-order valence-corrected chi connectivity index (χ2v) is 6.99. The topological polar surface area (TPSA) is 78.5 Å². The Hall–Kier alpha value is -2.37. The van der Waals surface area contributed by atoms with Gasteiger partial charge >= 0.3 is 0 Å². The van der Waals surface area contributed by atoms with Crippen molar-refractivity contribution in [1.29, 1.82) is 0 Å². The number of amides is 3. The first-order chi connectivity index (χ1) is 11.6. The summed E-state index contributed by atoms with van der Waals surface area (Å²) in [6, 6.07) is 6.10. The Balaban J connectivity index is 2.70. The molecule has 1 unspecified atom stereocenters. The van der Waals surface area contributed by atoms with Crippen molar-refractivity contribution in [3.63, 3.8) is 0 Å². The Morgan fingerprint density at radius 1 is 1.04 bits per heavy atom. The molecule has 0 aromatic heterocycles. The SMILES string of the molecule is CCN(CC)C(=O)c1ccc(NC(=O)C(C)NC(=O)C(C)(C)C)cc1. The van der Waals surface area contributed by atoms with Crippen molar-refractivity contribution < 1.29 is 14.4 Å². The van der Waals surface area contributed by atoms with Gasteiger partial charge in [-0.05, 0) is 45.0 Å². The molecule has 1 aromatic carbocycles. The lowest BCUT2D eigenvalue weighted by molar-refractivity contribution is -0.131. The van der Waals surface area contributed by atoms with Gasteiger partial charge in [0.1, 0.15) is 6.04 Å². The van der Waals surface area contributed by atoms with Crippen LogP contribution in [-0.4, -0.2) is 41.8 Å². The summed E-state index contributed by atoms with van der Waals surface area (Å²) in [6.45, 7) is 12.2. The van der Waals surface area contributed by atoms with E-state index in [9.17, 15) is 14.4 Å². The van der Waals surface area contributed by atoms with Crippen LogP contribution in [0.5, 0.6) is 0 Å². The Bertz CT molecular complexity index is 614. The number of nitrogens with one attached hydrogen (secondary N) is 2. The van der Waals surface area contributed by atoms with E-state index in [0.29, 0.717) is 24.3 Å². The van der Waals surface area contributed by atoms with Gasteiger partial charge in [-0.3, -0.25) is 14.4 Å². The molecule has 0 heterocycles. The maximum absolute atomic E-state index is 12.3. The molecule has 25 heavy (non-hydrogen) atoms. The van der Waals surface area contributed by atoms with Gasteiger partial charge in [0.15, 0.2) is 0 Å². The fraction of sp³-hybridized carbons (Fsp3) is 0.526. The van der Waals surface area contributed by atoms with Gasteiger partial charge in [0.05, 0.1) is 0 Å². The van der Waals surface area contributed by atoms with Crippen LogP contribution in [0.25, 0.3) is 0 Å². The first-order valence-corrected chi connectivity index (χ1v) is 8.61. The van der Waals surface area contributed by atoms with E-state index >= 15 is 0 Å². The van der Waals surface area contributed by atoms with Crippen molar-refractivity contribution >= 4 is 23.4 Å². The minimum atomic E-state index is -0.649. The lowest BCUT2D eigenvalue weighted by atomic mass is 9.95. The van der Waals surface area contributed by atoms with E-state index in [0.717, 1.165) is 0 Å². The Kier molecular flexibility index (Phi) is 7.15. The highest BCUT2D eigenvalue weighted by Gasteiger charge is 2.25. The zero-order valence-corrected chi connectivity index (χ0v) is 16.0. The van der Waals surface area contributed by atoms with Gasteiger partial charge in [0.2, 0.25) is 11.8 Å². The van der Waals surface area contributed by atoms with Gasteiger partial charge in [0, 0.05) is 29.8 Å². The Labute approximate surface area is 150 Å². The highest BCUT2D eigenvalue weighted by atomic mass is 16.2. The third-order valence-electron chi connectivity index (χ3n) is 3.87. The predicted molar refractivity (Wildman–Crippen MR) is 99.4 cm³/mol. The number of hydrogen-bond donors (Lipinski definition) is 2. The first-order valence-electron chi connectivity index (χ1n) is 8.61. The van der Waals surface area contributed by atoms with Crippen LogP contribution in [0, 0.1) is 5.41 Å². The quantitative estimate of drug-likeness (QED) is 0.830. The van der Waals surface area contributed by atoms with Gasteiger partial charge in [-0.25, -0.2) is 0 Å². The van der Waals surface area contributed by atoms with Crippen molar-refractivity contribution in [2.75, 3.05) is 18.4 Å². The number of carbonyl (C=O) groups is 3. The van der Waals surface area contributed by atoms with Gasteiger partial charge in [-0.2, -0.15) is 0 Å². The van der Waals surface area contributed by atoms with E-state index in [-0.39, 0.29) is 17.7 Å². The second kappa shape index (κ2) is 8.65. The molecule has 1 rings (SSSR count). The number of carbonyl (C=O) groups excluding carboxylic acids is 3. The standard InChI is InChI=1S/C19H29N3O3/c1-7-22(8-2)17(24)14-9-11-15(12-10-14)21-16(23)13(3)20-18(25)19(4,5)6/h9-13H,7-8H2,1-6H3,(H,20,25)(H,21,23). The molecule has 0 aliphatic heterocycles. The Morgan fingerprint density at radius 3 is 2.00 bits per heavy atom. The normalized spacial score (nSPS) is 12.2. The molecule has 138 valence electrons. The van der Waals surface area contributed by atoms with Gasteiger partial charge < -0.3 is 15.5 Å². The average molecular weight is 347 g/mol. The van der Waals surface area contributed by atoms with E-state index in [2.05, 4.69) is 10.6 Å². The summed E-state index contributed by atoms with van der Waals surface area (Å²) in [6.07, 6.45) is 0. The molecule has 0 saturated carbocycles. The Morgan fingerprint density at radius 2 is 1.56 bits per heavy atom. The summed E-state index contributed by atoms with van der Waals surface area (Å²) in [5.74, 6) is -0.524. The number of nitrogens with zero attached hydrogens (tertiary/aromatic N) is 1. The van der Waals surface area contributed by atoms with Gasteiger partial charge in [-0.15, -0.1) is 0 Å². The summed E-state index contributed by atoms with van der Waals surface area (Å²) in [5.41, 5.74) is 0.606. The molecule has 0 aliphatic rings. The zero-order chi connectivity index (χ0) is 19.2. The fourth-order valence-corrected chi connectivity index (χ4v) is 2.12. The van der Waals surface area contributed by atoms with E-state index < -0.39 is 11.5 Å². The fourth-order valence-electron chi connectivity index (χ4n) is 2.12. The van der Waals surface area contributed by atoms with Gasteiger partial charge in [-0.1, -0.05) is 20.8 Å². The van der Waals surface area contributed by atoms with Crippen LogP contribution in [0.1, 0.15) is 51.9 Å². The summed E-state index contributed by atoms with van der Waals surface area (Å²) < 4.78 is 0.